The van der Waals surface area contributed by atoms with Crippen LogP contribution in [0.25, 0.3) is 6.08 Å². The third-order valence-electron chi connectivity index (χ3n) is 5.40. The predicted molar refractivity (Wildman–Crippen MR) is 149 cm³/mol. The number of amides is 2. The number of hydrogen-bond donors (Lipinski definition) is 1. The topological polar surface area (TPSA) is 67.9 Å². The van der Waals surface area contributed by atoms with Gasteiger partial charge >= 0.3 is 0 Å². The highest BCUT2D eigenvalue weighted by Gasteiger charge is 2.35. The van der Waals surface area contributed by atoms with Gasteiger partial charge in [-0.1, -0.05) is 51.3 Å². The molecule has 1 saturated heterocycles. The fourth-order valence-electron chi connectivity index (χ4n) is 3.60. The van der Waals surface area contributed by atoms with Crippen molar-refractivity contribution >= 4 is 80.0 Å². The molecule has 36 heavy (non-hydrogen) atoms. The molecule has 1 heterocycles. The molecule has 0 atom stereocenters. The number of halogens is 3. The molecule has 1 fully saturated rings. The quantitative estimate of drug-likeness (QED) is 0.198. The molecule has 6 nitrogen and oxygen atoms in total. The standard InChI is InChI=1S/C26H19BrCl2N2O4S/c1-14-9-17(27)5-7-21(14)31-25(33)19(24(32)30-26(31)36)10-15-3-8-22(23(11-15)34-2)35-13-16-4-6-18(28)12-20(16)29/h3-12H,13H2,1-2H3,(H,30,32,36)/b19-10+. The van der Waals surface area contributed by atoms with Gasteiger partial charge in [0.25, 0.3) is 11.8 Å². The zero-order chi connectivity index (χ0) is 26.0. The maximum Gasteiger partial charge on any atom is 0.270 e. The third kappa shape index (κ3) is 5.57. The number of carbonyl (C=O) groups excluding carboxylic acids is 2. The van der Waals surface area contributed by atoms with Gasteiger partial charge in [-0.25, -0.2) is 0 Å². The zero-order valence-electron chi connectivity index (χ0n) is 19.1. The maximum absolute atomic E-state index is 13.3. The van der Waals surface area contributed by atoms with E-state index in [1.807, 2.05) is 13.0 Å². The molecule has 0 unspecified atom stereocenters. The van der Waals surface area contributed by atoms with Gasteiger partial charge in [0, 0.05) is 20.1 Å². The minimum Gasteiger partial charge on any atom is -0.493 e. The number of anilines is 1. The Balaban J connectivity index is 1.61. The number of rotatable bonds is 6. The van der Waals surface area contributed by atoms with Crippen LogP contribution in [0, 0.1) is 6.92 Å². The SMILES string of the molecule is COc1cc(/C=C2\C(=O)NC(=S)N(c3ccc(Br)cc3C)C2=O)ccc1OCc1ccc(Cl)cc1Cl. The zero-order valence-corrected chi connectivity index (χ0v) is 23.0. The summed E-state index contributed by atoms with van der Waals surface area (Å²) in [6.45, 7) is 2.06. The third-order valence-corrected chi connectivity index (χ3v) is 6.76. The van der Waals surface area contributed by atoms with Crippen LogP contribution in [-0.4, -0.2) is 24.0 Å². The smallest absolute Gasteiger partial charge is 0.270 e. The molecule has 0 spiro atoms. The number of hydrogen-bond acceptors (Lipinski definition) is 5. The summed E-state index contributed by atoms with van der Waals surface area (Å²) in [5, 5.41) is 3.65. The molecular formula is C26H19BrCl2N2O4S. The lowest BCUT2D eigenvalue weighted by atomic mass is 10.1. The number of benzene rings is 3. The van der Waals surface area contributed by atoms with E-state index in [4.69, 9.17) is 44.9 Å². The molecule has 4 rings (SSSR count). The minimum atomic E-state index is -0.576. The first kappa shape index (κ1) is 26.2. The Morgan fingerprint density at radius 2 is 1.83 bits per heavy atom. The second-order valence-corrected chi connectivity index (χ2v) is 9.97. The molecule has 0 aromatic heterocycles. The lowest BCUT2D eigenvalue weighted by Gasteiger charge is -2.30. The van der Waals surface area contributed by atoms with Gasteiger partial charge in [-0.2, -0.15) is 0 Å². The first-order valence-corrected chi connectivity index (χ1v) is 12.6. The average molecular weight is 606 g/mol. The summed E-state index contributed by atoms with van der Waals surface area (Å²) >= 11 is 20.9. The molecule has 0 bridgehead atoms. The van der Waals surface area contributed by atoms with Crippen LogP contribution in [0.3, 0.4) is 0 Å². The van der Waals surface area contributed by atoms with Crippen LogP contribution in [0.1, 0.15) is 16.7 Å². The van der Waals surface area contributed by atoms with Gasteiger partial charge in [0.1, 0.15) is 12.2 Å². The molecule has 10 heteroatoms. The minimum absolute atomic E-state index is 0.0229. The summed E-state index contributed by atoms with van der Waals surface area (Å²) in [6, 6.07) is 15.7. The van der Waals surface area contributed by atoms with Crippen LogP contribution in [0.15, 0.2) is 64.6 Å². The molecule has 1 aliphatic rings. The second-order valence-electron chi connectivity index (χ2n) is 7.82. The number of carbonyl (C=O) groups is 2. The van der Waals surface area contributed by atoms with Gasteiger partial charge in [-0.3, -0.25) is 19.8 Å². The molecule has 184 valence electrons. The number of aryl methyl sites for hydroxylation is 1. The van der Waals surface area contributed by atoms with Crippen molar-refractivity contribution in [3.63, 3.8) is 0 Å². The molecule has 3 aromatic rings. The lowest BCUT2D eigenvalue weighted by Crippen LogP contribution is -2.54. The lowest BCUT2D eigenvalue weighted by molar-refractivity contribution is -0.122. The summed E-state index contributed by atoms with van der Waals surface area (Å²) in [5.74, 6) is -0.203. The Bertz CT molecular complexity index is 1430. The van der Waals surface area contributed by atoms with Crippen LogP contribution >= 0.6 is 51.3 Å². The van der Waals surface area contributed by atoms with Crippen LogP contribution in [-0.2, 0) is 16.2 Å². The maximum atomic E-state index is 13.3. The molecular weight excluding hydrogens is 587 g/mol. The average Bonchev–Trinajstić information content (AvgIpc) is 2.82. The van der Waals surface area contributed by atoms with E-state index in [0.717, 1.165) is 15.6 Å². The van der Waals surface area contributed by atoms with E-state index < -0.39 is 11.8 Å². The van der Waals surface area contributed by atoms with Crippen LogP contribution in [0.2, 0.25) is 10.0 Å². The summed E-state index contributed by atoms with van der Waals surface area (Å²) in [4.78, 5) is 27.3. The van der Waals surface area contributed by atoms with E-state index in [-0.39, 0.29) is 17.3 Å². The monoisotopic (exact) mass is 604 g/mol. The Morgan fingerprint density at radius 3 is 2.53 bits per heavy atom. The van der Waals surface area contributed by atoms with Crippen molar-refractivity contribution in [2.45, 2.75) is 13.5 Å². The molecule has 0 aliphatic carbocycles. The highest BCUT2D eigenvalue weighted by molar-refractivity contribution is 9.10. The highest BCUT2D eigenvalue weighted by atomic mass is 79.9. The Hall–Kier alpha value is -2.91. The van der Waals surface area contributed by atoms with Crippen molar-refractivity contribution in [3.05, 3.63) is 91.4 Å². The molecule has 1 N–H and O–H groups in total. The van der Waals surface area contributed by atoms with E-state index >= 15 is 0 Å². The second kappa shape index (κ2) is 11.0. The Labute approximate surface area is 231 Å². The van der Waals surface area contributed by atoms with E-state index in [1.54, 1.807) is 48.5 Å². The normalized spacial score (nSPS) is 14.8. The van der Waals surface area contributed by atoms with E-state index in [1.165, 1.54) is 18.1 Å². The molecule has 3 aromatic carbocycles. The number of thiocarbonyl (C=S) groups is 1. The molecule has 0 saturated carbocycles. The van der Waals surface area contributed by atoms with Crippen molar-refractivity contribution in [2.24, 2.45) is 0 Å². The van der Waals surface area contributed by atoms with Crippen LogP contribution in [0.4, 0.5) is 5.69 Å². The molecule has 2 amide bonds. The fraction of sp³-hybridized carbons (Fsp3) is 0.115. The van der Waals surface area contributed by atoms with Crippen molar-refractivity contribution in [2.75, 3.05) is 12.0 Å². The Kier molecular flexibility index (Phi) is 8.00. The van der Waals surface area contributed by atoms with Gasteiger partial charge in [-0.15, -0.1) is 0 Å². The number of nitrogens with zero attached hydrogens (tertiary/aromatic N) is 1. The van der Waals surface area contributed by atoms with E-state index in [0.29, 0.717) is 32.8 Å². The summed E-state index contributed by atoms with van der Waals surface area (Å²) in [6.07, 6.45) is 1.49. The largest absolute Gasteiger partial charge is 0.493 e. The van der Waals surface area contributed by atoms with E-state index in [2.05, 4.69) is 21.2 Å². The summed E-state index contributed by atoms with van der Waals surface area (Å²) in [7, 11) is 1.50. The van der Waals surface area contributed by atoms with Crippen LogP contribution in [0.5, 0.6) is 11.5 Å². The number of methoxy groups -OCH3 is 1. The number of nitrogens with one attached hydrogen (secondary N) is 1. The molecule has 1 aliphatic heterocycles. The van der Waals surface area contributed by atoms with Gasteiger partial charge < -0.3 is 9.47 Å². The van der Waals surface area contributed by atoms with Gasteiger partial charge in [0.2, 0.25) is 0 Å². The first-order chi connectivity index (χ1) is 17.2. The van der Waals surface area contributed by atoms with Crippen LogP contribution < -0.4 is 19.7 Å². The highest BCUT2D eigenvalue weighted by Crippen LogP contribution is 2.32. The van der Waals surface area contributed by atoms with Crippen molar-refractivity contribution in [1.82, 2.24) is 5.32 Å². The summed E-state index contributed by atoms with van der Waals surface area (Å²) < 4.78 is 12.2. The van der Waals surface area contributed by atoms with Gasteiger partial charge in [0.15, 0.2) is 16.6 Å². The summed E-state index contributed by atoms with van der Waals surface area (Å²) in [5.41, 5.74) is 2.68. The molecule has 0 radical (unpaired) electrons. The Morgan fingerprint density at radius 1 is 1.06 bits per heavy atom. The predicted octanol–water partition coefficient (Wildman–Crippen LogP) is 6.48. The van der Waals surface area contributed by atoms with E-state index in [9.17, 15) is 9.59 Å². The van der Waals surface area contributed by atoms with Crippen molar-refractivity contribution < 1.29 is 19.1 Å². The van der Waals surface area contributed by atoms with Crippen molar-refractivity contribution in [1.29, 1.82) is 0 Å². The first-order valence-electron chi connectivity index (χ1n) is 10.6. The fourth-order valence-corrected chi connectivity index (χ4v) is 4.81. The number of ether oxygens (including phenoxy) is 2. The van der Waals surface area contributed by atoms with Gasteiger partial charge in [0.05, 0.1) is 12.8 Å². The van der Waals surface area contributed by atoms with Crippen molar-refractivity contribution in [3.8, 4) is 11.5 Å². The van der Waals surface area contributed by atoms with Gasteiger partial charge in [-0.05, 0) is 78.8 Å².